The molecule has 1 amide bonds. The van der Waals surface area contributed by atoms with E-state index in [1.165, 1.54) is 0 Å². The predicted octanol–water partition coefficient (Wildman–Crippen LogP) is 4.90. The van der Waals surface area contributed by atoms with Gasteiger partial charge in [-0.1, -0.05) is 54.6 Å². The van der Waals surface area contributed by atoms with Gasteiger partial charge in [0.05, 0.1) is 18.4 Å². The Morgan fingerprint density at radius 3 is 2.36 bits per heavy atom. The Hall–Kier alpha value is -4.20. The summed E-state index contributed by atoms with van der Waals surface area (Å²) in [5.41, 5.74) is 5.15. The highest BCUT2D eigenvalue weighted by Gasteiger charge is 2.25. The van der Waals surface area contributed by atoms with Crippen molar-refractivity contribution in [3.05, 3.63) is 102 Å². The summed E-state index contributed by atoms with van der Waals surface area (Å²) in [5.74, 6) is -0.365. The van der Waals surface area contributed by atoms with Gasteiger partial charge in [-0.05, 0) is 47.0 Å². The van der Waals surface area contributed by atoms with Crippen LogP contribution < -0.4 is 10.6 Å². The standard InChI is InChI=1S/C29H27N3O4/c33-28(34)19-32-16-15-30-18-26(32)22-9-7-20(8-10-22)21-11-13-23(14-12-21)31-29(35)25-5-2-1-4-24(25)27-6-3-17-36-27/h1-14,17,26,30H,15-16,18-19H2,(H,31,35)(H,33,34). The molecule has 7 heteroatoms. The van der Waals surface area contributed by atoms with Crippen LogP contribution in [-0.4, -0.2) is 48.1 Å². The number of rotatable bonds is 7. The number of aliphatic carboxylic acids is 1. The van der Waals surface area contributed by atoms with Crippen LogP contribution in [0.15, 0.2) is 95.6 Å². The number of amides is 1. The fourth-order valence-electron chi connectivity index (χ4n) is 4.61. The maximum Gasteiger partial charge on any atom is 0.317 e. The molecule has 3 N–H and O–H groups in total. The van der Waals surface area contributed by atoms with E-state index in [1.807, 2.05) is 53.4 Å². The second-order valence-electron chi connectivity index (χ2n) is 8.76. The highest BCUT2D eigenvalue weighted by Crippen LogP contribution is 2.28. The minimum absolute atomic E-state index is 0.0329. The average Bonchev–Trinajstić information content (AvgIpc) is 3.44. The minimum atomic E-state index is -0.810. The topological polar surface area (TPSA) is 94.8 Å². The fraction of sp³-hybridized carbons (Fsp3) is 0.172. The van der Waals surface area contributed by atoms with Gasteiger partial charge in [0.2, 0.25) is 0 Å². The molecule has 0 aliphatic carbocycles. The second-order valence-corrected chi connectivity index (χ2v) is 8.76. The lowest BCUT2D eigenvalue weighted by molar-refractivity contribution is -0.139. The Kier molecular flexibility index (Phi) is 6.93. The molecule has 1 unspecified atom stereocenters. The molecule has 1 fully saturated rings. The molecule has 0 saturated carbocycles. The van der Waals surface area contributed by atoms with Crippen LogP contribution in [0.25, 0.3) is 22.5 Å². The molecule has 3 aromatic carbocycles. The SMILES string of the molecule is O=C(O)CN1CCNCC1c1ccc(-c2ccc(NC(=O)c3ccccc3-c3ccco3)cc2)cc1. The van der Waals surface area contributed by atoms with Crippen LogP contribution in [0.1, 0.15) is 22.0 Å². The predicted molar refractivity (Wildman–Crippen MR) is 139 cm³/mol. The summed E-state index contributed by atoms with van der Waals surface area (Å²) in [5, 5.41) is 15.6. The van der Waals surface area contributed by atoms with Gasteiger partial charge in [0.25, 0.3) is 5.91 Å². The monoisotopic (exact) mass is 481 g/mol. The molecule has 36 heavy (non-hydrogen) atoms. The lowest BCUT2D eigenvalue weighted by Crippen LogP contribution is -2.47. The van der Waals surface area contributed by atoms with Crippen molar-refractivity contribution in [2.45, 2.75) is 6.04 Å². The number of carbonyl (C=O) groups excluding carboxylic acids is 1. The number of anilines is 1. The Morgan fingerprint density at radius 2 is 1.67 bits per heavy atom. The molecule has 182 valence electrons. The molecule has 1 aromatic heterocycles. The van der Waals surface area contributed by atoms with Crippen molar-refractivity contribution in [1.29, 1.82) is 0 Å². The Balaban J connectivity index is 1.28. The first-order valence-electron chi connectivity index (χ1n) is 11.9. The summed E-state index contributed by atoms with van der Waals surface area (Å²) in [4.78, 5) is 26.2. The molecule has 1 saturated heterocycles. The number of carbonyl (C=O) groups is 2. The largest absolute Gasteiger partial charge is 0.480 e. The van der Waals surface area contributed by atoms with Crippen molar-refractivity contribution in [2.75, 3.05) is 31.5 Å². The van der Waals surface area contributed by atoms with Crippen molar-refractivity contribution < 1.29 is 19.1 Å². The van der Waals surface area contributed by atoms with Crippen molar-refractivity contribution in [3.63, 3.8) is 0 Å². The van der Waals surface area contributed by atoms with Crippen molar-refractivity contribution in [2.24, 2.45) is 0 Å². The Labute approximate surface area is 209 Å². The van der Waals surface area contributed by atoms with E-state index in [9.17, 15) is 14.7 Å². The summed E-state index contributed by atoms with van der Waals surface area (Å²) in [6.07, 6.45) is 1.59. The number of piperazine rings is 1. The van der Waals surface area contributed by atoms with E-state index in [0.29, 0.717) is 23.6 Å². The number of nitrogens with zero attached hydrogens (tertiary/aromatic N) is 1. The number of hydrogen-bond acceptors (Lipinski definition) is 5. The number of hydrogen-bond donors (Lipinski definition) is 3. The summed E-state index contributed by atoms with van der Waals surface area (Å²) >= 11 is 0. The van der Waals surface area contributed by atoms with Gasteiger partial charge in [-0.15, -0.1) is 0 Å². The van der Waals surface area contributed by atoms with Crippen LogP contribution in [0.3, 0.4) is 0 Å². The lowest BCUT2D eigenvalue weighted by Gasteiger charge is -2.35. The van der Waals surface area contributed by atoms with Crippen LogP contribution in [0, 0.1) is 0 Å². The lowest BCUT2D eigenvalue weighted by atomic mass is 9.98. The summed E-state index contributed by atoms with van der Waals surface area (Å²) in [7, 11) is 0. The number of nitrogens with one attached hydrogen (secondary N) is 2. The fourth-order valence-corrected chi connectivity index (χ4v) is 4.61. The van der Waals surface area contributed by atoms with Crippen LogP contribution in [0.4, 0.5) is 5.69 Å². The molecule has 1 aliphatic heterocycles. The molecular formula is C29H27N3O4. The maximum atomic E-state index is 13.0. The van der Waals surface area contributed by atoms with Crippen molar-refractivity contribution in [3.8, 4) is 22.5 Å². The van der Waals surface area contributed by atoms with Gasteiger partial charge in [-0.2, -0.15) is 0 Å². The van der Waals surface area contributed by atoms with Gasteiger partial charge in [-0.25, -0.2) is 0 Å². The molecule has 0 radical (unpaired) electrons. The first-order valence-corrected chi connectivity index (χ1v) is 11.9. The third-order valence-corrected chi connectivity index (χ3v) is 6.42. The van der Waals surface area contributed by atoms with Gasteiger partial charge in [0, 0.05) is 36.9 Å². The number of carboxylic acid groups (broad SMARTS) is 1. The number of carboxylic acids is 1. The van der Waals surface area contributed by atoms with E-state index >= 15 is 0 Å². The molecule has 7 nitrogen and oxygen atoms in total. The van der Waals surface area contributed by atoms with E-state index in [4.69, 9.17) is 4.42 Å². The highest BCUT2D eigenvalue weighted by molar-refractivity contribution is 6.08. The van der Waals surface area contributed by atoms with Crippen molar-refractivity contribution in [1.82, 2.24) is 10.2 Å². The summed E-state index contributed by atoms with van der Waals surface area (Å²) < 4.78 is 5.48. The molecule has 5 rings (SSSR count). The zero-order valence-corrected chi connectivity index (χ0v) is 19.7. The van der Waals surface area contributed by atoms with E-state index in [0.717, 1.165) is 35.3 Å². The molecule has 0 bridgehead atoms. The molecule has 2 heterocycles. The first kappa shape index (κ1) is 23.5. The number of benzene rings is 3. The molecule has 4 aromatic rings. The third-order valence-electron chi connectivity index (χ3n) is 6.42. The third kappa shape index (κ3) is 5.22. The van der Waals surface area contributed by atoms with Gasteiger partial charge in [0.15, 0.2) is 0 Å². The van der Waals surface area contributed by atoms with E-state index in [2.05, 4.69) is 34.9 Å². The Bertz CT molecular complexity index is 1330. The van der Waals surface area contributed by atoms with Crippen molar-refractivity contribution >= 4 is 17.6 Å². The zero-order chi connectivity index (χ0) is 24.9. The van der Waals surface area contributed by atoms with Gasteiger partial charge < -0.3 is 20.2 Å². The molecule has 0 spiro atoms. The van der Waals surface area contributed by atoms with Gasteiger partial charge in [-0.3, -0.25) is 14.5 Å². The van der Waals surface area contributed by atoms with Crippen LogP contribution in [0.5, 0.6) is 0 Å². The van der Waals surface area contributed by atoms with Gasteiger partial charge in [0.1, 0.15) is 5.76 Å². The second kappa shape index (κ2) is 10.6. The highest BCUT2D eigenvalue weighted by atomic mass is 16.4. The average molecular weight is 482 g/mol. The van der Waals surface area contributed by atoms with Crippen LogP contribution >= 0.6 is 0 Å². The Morgan fingerprint density at radius 1 is 0.944 bits per heavy atom. The number of furan rings is 1. The zero-order valence-electron chi connectivity index (χ0n) is 19.7. The molecular weight excluding hydrogens is 454 g/mol. The molecule has 1 atom stereocenters. The first-order chi connectivity index (χ1) is 17.6. The van der Waals surface area contributed by atoms with E-state index < -0.39 is 5.97 Å². The minimum Gasteiger partial charge on any atom is -0.480 e. The molecule has 1 aliphatic rings. The quantitative estimate of drug-likeness (QED) is 0.348. The maximum absolute atomic E-state index is 13.0. The normalized spacial score (nSPS) is 15.9. The van der Waals surface area contributed by atoms with Crippen LogP contribution in [0.2, 0.25) is 0 Å². The van der Waals surface area contributed by atoms with Gasteiger partial charge >= 0.3 is 5.97 Å². The van der Waals surface area contributed by atoms with E-state index in [1.54, 1.807) is 18.4 Å². The van der Waals surface area contributed by atoms with Crippen LogP contribution in [-0.2, 0) is 4.79 Å². The summed E-state index contributed by atoms with van der Waals surface area (Å²) in [6.45, 7) is 2.26. The summed E-state index contributed by atoms with van der Waals surface area (Å²) in [6, 6.07) is 27.0. The van der Waals surface area contributed by atoms with E-state index in [-0.39, 0.29) is 18.5 Å². The smallest absolute Gasteiger partial charge is 0.317 e.